The van der Waals surface area contributed by atoms with Crippen LogP contribution in [0, 0.1) is 11.3 Å². The normalized spacial score (nSPS) is 20.6. The third-order valence-electron chi connectivity index (χ3n) is 4.31. The van der Waals surface area contributed by atoms with Crippen molar-refractivity contribution in [3.63, 3.8) is 0 Å². The molecule has 1 aliphatic rings. The molecule has 1 aliphatic carbocycles. The lowest BCUT2D eigenvalue weighted by atomic mass is 10.1. The fraction of sp³-hybridized carbons (Fsp3) is 0.533. The van der Waals surface area contributed by atoms with Crippen molar-refractivity contribution >= 4 is 45.8 Å². The van der Waals surface area contributed by atoms with Gasteiger partial charge in [-0.25, -0.2) is 4.98 Å². The molecule has 108 valence electrons. The van der Waals surface area contributed by atoms with Crippen LogP contribution >= 0.6 is 34.8 Å². The number of alkyl halides is 1. The van der Waals surface area contributed by atoms with Gasteiger partial charge in [-0.1, -0.05) is 37.0 Å². The fourth-order valence-corrected chi connectivity index (χ4v) is 3.24. The van der Waals surface area contributed by atoms with Gasteiger partial charge in [0.2, 0.25) is 0 Å². The van der Waals surface area contributed by atoms with Gasteiger partial charge in [0.1, 0.15) is 5.82 Å². The van der Waals surface area contributed by atoms with E-state index in [1.54, 1.807) is 0 Å². The van der Waals surface area contributed by atoms with E-state index in [1.807, 2.05) is 12.1 Å². The van der Waals surface area contributed by atoms with Crippen molar-refractivity contribution in [3.8, 4) is 0 Å². The first kappa shape index (κ1) is 14.5. The molecule has 0 bridgehead atoms. The van der Waals surface area contributed by atoms with Gasteiger partial charge in [0, 0.05) is 18.8 Å². The Hall–Kier alpha value is -0.440. The molecule has 1 aromatic heterocycles. The molecule has 0 amide bonds. The molecule has 0 saturated heterocycles. The maximum Gasteiger partial charge on any atom is 0.111 e. The van der Waals surface area contributed by atoms with E-state index in [0.29, 0.717) is 27.3 Å². The van der Waals surface area contributed by atoms with Crippen molar-refractivity contribution in [2.24, 2.45) is 11.3 Å². The number of rotatable bonds is 4. The van der Waals surface area contributed by atoms with Crippen molar-refractivity contribution in [1.29, 1.82) is 0 Å². The lowest BCUT2D eigenvalue weighted by molar-refractivity contribution is 0.496. The summed E-state index contributed by atoms with van der Waals surface area (Å²) in [6.07, 6.45) is 2.02. The topological polar surface area (TPSA) is 17.8 Å². The number of halogens is 3. The number of nitrogens with zero attached hydrogens (tertiary/aromatic N) is 2. The molecular weight excluding hydrogens is 315 g/mol. The van der Waals surface area contributed by atoms with Gasteiger partial charge in [0.15, 0.2) is 0 Å². The maximum absolute atomic E-state index is 6.16. The zero-order chi connectivity index (χ0) is 14.5. The molecule has 1 heterocycles. The highest BCUT2D eigenvalue weighted by Gasteiger charge is 2.45. The summed E-state index contributed by atoms with van der Waals surface area (Å²) in [5.41, 5.74) is 2.39. The van der Waals surface area contributed by atoms with Crippen molar-refractivity contribution in [2.45, 2.75) is 33.2 Å². The third-order valence-corrected chi connectivity index (χ3v) is 5.22. The molecule has 0 radical (unpaired) electrons. The minimum atomic E-state index is 0.436. The molecule has 2 nitrogen and oxygen atoms in total. The average molecular weight is 332 g/mol. The second-order valence-electron chi connectivity index (χ2n) is 6.22. The summed E-state index contributed by atoms with van der Waals surface area (Å²) in [4.78, 5) is 4.67. The summed E-state index contributed by atoms with van der Waals surface area (Å²) in [6, 6.07) is 3.75. The molecule has 1 unspecified atom stereocenters. The van der Waals surface area contributed by atoms with Crippen LogP contribution < -0.4 is 0 Å². The SMILES string of the molecule is CC1(C)CC1Cn1c(CCCl)nc2cc(Cl)c(Cl)cc21. The van der Waals surface area contributed by atoms with E-state index in [2.05, 4.69) is 23.4 Å². The van der Waals surface area contributed by atoms with E-state index in [0.717, 1.165) is 29.8 Å². The van der Waals surface area contributed by atoms with Crippen LogP contribution in [0.15, 0.2) is 12.1 Å². The van der Waals surface area contributed by atoms with Gasteiger partial charge in [-0.2, -0.15) is 0 Å². The third kappa shape index (κ3) is 2.54. The largest absolute Gasteiger partial charge is 0.328 e. The Bertz CT molecular complexity index is 661. The maximum atomic E-state index is 6.16. The van der Waals surface area contributed by atoms with E-state index >= 15 is 0 Å². The van der Waals surface area contributed by atoms with Gasteiger partial charge in [-0.3, -0.25) is 0 Å². The zero-order valence-electron chi connectivity index (χ0n) is 11.6. The van der Waals surface area contributed by atoms with Crippen molar-refractivity contribution in [3.05, 3.63) is 28.0 Å². The molecule has 1 atom stereocenters. The molecule has 1 fully saturated rings. The second kappa shape index (κ2) is 5.08. The van der Waals surface area contributed by atoms with Crippen LogP contribution in [0.25, 0.3) is 11.0 Å². The highest BCUT2D eigenvalue weighted by Crippen LogP contribution is 2.52. The Morgan fingerprint density at radius 3 is 2.55 bits per heavy atom. The second-order valence-corrected chi connectivity index (χ2v) is 7.41. The molecule has 3 rings (SSSR count). The molecular formula is C15H17Cl3N2. The predicted octanol–water partition coefficient (Wildman–Crippen LogP) is 5.17. The van der Waals surface area contributed by atoms with Gasteiger partial charge in [-0.15, -0.1) is 11.6 Å². The molecule has 0 aliphatic heterocycles. The molecule has 1 saturated carbocycles. The molecule has 20 heavy (non-hydrogen) atoms. The Kier molecular flexibility index (Phi) is 3.68. The number of aryl methyl sites for hydroxylation is 1. The molecule has 2 aromatic rings. The van der Waals surface area contributed by atoms with Crippen molar-refractivity contribution in [1.82, 2.24) is 9.55 Å². The number of hydrogen-bond donors (Lipinski definition) is 0. The predicted molar refractivity (Wildman–Crippen MR) is 86.1 cm³/mol. The van der Waals surface area contributed by atoms with Gasteiger partial charge in [-0.05, 0) is 29.9 Å². The first-order valence-electron chi connectivity index (χ1n) is 6.82. The van der Waals surface area contributed by atoms with E-state index in [-0.39, 0.29) is 0 Å². The van der Waals surface area contributed by atoms with Crippen LogP contribution in [-0.4, -0.2) is 15.4 Å². The van der Waals surface area contributed by atoms with Crippen LogP contribution in [-0.2, 0) is 13.0 Å². The number of fused-ring (bicyclic) bond motifs is 1. The Morgan fingerprint density at radius 1 is 1.30 bits per heavy atom. The minimum Gasteiger partial charge on any atom is -0.328 e. The van der Waals surface area contributed by atoms with Gasteiger partial charge < -0.3 is 4.57 Å². The monoisotopic (exact) mass is 330 g/mol. The van der Waals surface area contributed by atoms with Crippen LogP contribution in [0.2, 0.25) is 10.0 Å². The van der Waals surface area contributed by atoms with E-state index in [9.17, 15) is 0 Å². The van der Waals surface area contributed by atoms with E-state index < -0.39 is 0 Å². The van der Waals surface area contributed by atoms with E-state index in [4.69, 9.17) is 34.8 Å². The fourth-order valence-electron chi connectivity index (χ4n) is 2.76. The standard InChI is InChI=1S/C15H17Cl3N2/c1-15(2)7-9(15)8-20-13-6-11(18)10(17)5-12(13)19-14(20)3-4-16/h5-6,9H,3-4,7-8H2,1-2H3. The summed E-state index contributed by atoms with van der Waals surface area (Å²) < 4.78 is 2.26. The number of aromatic nitrogens is 2. The summed E-state index contributed by atoms with van der Waals surface area (Å²) in [6.45, 7) is 5.59. The van der Waals surface area contributed by atoms with Crippen molar-refractivity contribution < 1.29 is 0 Å². The molecule has 0 N–H and O–H groups in total. The van der Waals surface area contributed by atoms with Crippen LogP contribution in [0.4, 0.5) is 0 Å². The van der Waals surface area contributed by atoms with E-state index in [1.165, 1.54) is 6.42 Å². The molecule has 1 aromatic carbocycles. The van der Waals surface area contributed by atoms with Crippen molar-refractivity contribution in [2.75, 3.05) is 5.88 Å². The quantitative estimate of drug-likeness (QED) is 0.707. The minimum absolute atomic E-state index is 0.436. The van der Waals surface area contributed by atoms with Crippen LogP contribution in [0.5, 0.6) is 0 Å². The lowest BCUT2D eigenvalue weighted by Gasteiger charge is -2.10. The lowest BCUT2D eigenvalue weighted by Crippen LogP contribution is -2.08. The Labute approximate surface area is 134 Å². The van der Waals surface area contributed by atoms with Crippen LogP contribution in [0.3, 0.4) is 0 Å². The van der Waals surface area contributed by atoms with Gasteiger partial charge >= 0.3 is 0 Å². The van der Waals surface area contributed by atoms with Gasteiger partial charge in [0.05, 0.1) is 21.1 Å². The highest BCUT2D eigenvalue weighted by atomic mass is 35.5. The Balaban J connectivity index is 2.06. The average Bonchev–Trinajstić information content (AvgIpc) is 2.84. The summed E-state index contributed by atoms with van der Waals surface area (Å²) in [5, 5.41) is 1.13. The summed E-state index contributed by atoms with van der Waals surface area (Å²) >= 11 is 18.1. The highest BCUT2D eigenvalue weighted by molar-refractivity contribution is 6.42. The van der Waals surface area contributed by atoms with Gasteiger partial charge in [0.25, 0.3) is 0 Å². The number of hydrogen-bond acceptors (Lipinski definition) is 1. The number of imidazole rings is 1. The first-order valence-corrected chi connectivity index (χ1v) is 8.11. The van der Waals surface area contributed by atoms with Crippen LogP contribution in [0.1, 0.15) is 26.1 Å². The molecule has 5 heteroatoms. The summed E-state index contributed by atoms with van der Waals surface area (Å²) in [7, 11) is 0. The Morgan fingerprint density at radius 2 is 1.95 bits per heavy atom. The smallest absolute Gasteiger partial charge is 0.111 e. The summed E-state index contributed by atoms with van der Waals surface area (Å²) in [5.74, 6) is 2.29. The molecule has 0 spiro atoms. The zero-order valence-corrected chi connectivity index (χ0v) is 13.9. The first-order chi connectivity index (χ1) is 9.42. The number of benzene rings is 1.